The standard InChI is InChI=1S/C14H19NO4S2/c1-14(6-7-21(17,18)9-14)15-13(16)11-5-4-10(20-3)8-12(11)19-2/h4-5,8H,6-7,9H2,1-3H3,(H,15,16). The van der Waals surface area contributed by atoms with Crippen LogP contribution in [0.5, 0.6) is 5.75 Å². The molecule has 1 atom stereocenters. The number of rotatable bonds is 4. The van der Waals surface area contributed by atoms with Crippen LogP contribution in [0.15, 0.2) is 23.1 Å². The smallest absolute Gasteiger partial charge is 0.255 e. The number of hydrogen-bond donors (Lipinski definition) is 1. The van der Waals surface area contributed by atoms with E-state index in [1.54, 1.807) is 30.8 Å². The average Bonchev–Trinajstić information content (AvgIpc) is 2.71. The Labute approximate surface area is 129 Å². The van der Waals surface area contributed by atoms with Crippen LogP contribution >= 0.6 is 11.8 Å². The maximum atomic E-state index is 12.4. The summed E-state index contributed by atoms with van der Waals surface area (Å²) in [5.74, 6) is 0.284. The van der Waals surface area contributed by atoms with Crippen molar-refractivity contribution in [3.8, 4) is 5.75 Å². The van der Waals surface area contributed by atoms with Crippen LogP contribution in [0.25, 0.3) is 0 Å². The lowest BCUT2D eigenvalue weighted by Gasteiger charge is -2.24. The van der Waals surface area contributed by atoms with Crippen LogP contribution in [0.1, 0.15) is 23.7 Å². The predicted molar refractivity (Wildman–Crippen MR) is 83.9 cm³/mol. The second kappa shape index (κ2) is 5.88. The Morgan fingerprint density at radius 1 is 1.43 bits per heavy atom. The molecule has 1 unspecified atom stereocenters. The van der Waals surface area contributed by atoms with Gasteiger partial charge in [-0.2, -0.15) is 0 Å². The summed E-state index contributed by atoms with van der Waals surface area (Å²) >= 11 is 1.56. The highest BCUT2D eigenvalue weighted by Gasteiger charge is 2.39. The Balaban J connectivity index is 2.21. The number of methoxy groups -OCH3 is 1. The van der Waals surface area contributed by atoms with E-state index in [0.29, 0.717) is 17.7 Å². The Morgan fingerprint density at radius 3 is 2.67 bits per heavy atom. The molecule has 1 heterocycles. The number of sulfone groups is 1. The summed E-state index contributed by atoms with van der Waals surface area (Å²) in [7, 11) is -1.55. The molecule has 1 saturated heterocycles. The summed E-state index contributed by atoms with van der Waals surface area (Å²) in [6.45, 7) is 1.76. The van der Waals surface area contributed by atoms with Crippen molar-refractivity contribution in [2.45, 2.75) is 23.8 Å². The first kappa shape index (κ1) is 16.2. The van der Waals surface area contributed by atoms with Gasteiger partial charge in [0, 0.05) is 4.90 Å². The monoisotopic (exact) mass is 329 g/mol. The molecule has 1 N–H and O–H groups in total. The number of ether oxygens (including phenoxy) is 1. The quantitative estimate of drug-likeness (QED) is 0.852. The topological polar surface area (TPSA) is 72.5 Å². The first-order chi connectivity index (χ1) is 9.78. The van der Waals surface area contributed by atoms with Crippen LogP contribution < -0.4 is 10.1 Å². The third-order valence-corrected chi connectivity index (χ3v) is 6.20. The molecule has 7 heteroatoms. The third kappa shape index (κ3) is 3.71. The highest BCUT2D eigenvalue weighted by molar-refractivity contribution is 7.98. The zero-order valence-corrected chi connectivity index (χ0v) is 13.9. The van der Waals surface area contributed by atoms with E-state index < -0.39 is 15.4 Å². The number of carbonyl (C=O) groups is 1. The molecule has 1 aliphatic rings. The Bertz CT molecular complexity index is 657. The van der Waals surface area contributed by atoms with Crippen LogP contribution in [0.4, 0.5) is 0 Å². The minimum atomic E-state index is -3.06. The van der Waals surface area contributed by atoms with E-state index in [9.17, 15) is 13.2 Å². The van der Waals surface area contributed by atoms with Gasteiger partial charge in [0.05, 0.1) is 29.7 Å². The lowest BCUT2D eigenvalue weighted by Crippen LogP contribution is -2.47. The van der Waals surface area contributed by atoms with Gasteiger partial charge < -0.3 is 10.1 Å². The molecular formula is C14H19NO4S2. The van der Waals surface area contributed by atoms with Crippen molar-refractivity contribution in [3.05, 3.63) is 23.8 Å². The van der Waals surface area contributed by atoms with Crippen molar-refractivity contribution in [1.82, 2.24) is 5.32 Å². The highest BCUT2D eigenvalue weighted by Crippen LogP contribution is 2.27. The van der Waals surface area contributed by atoms with Gasteiger partial charge in [-0.1, -0.05) is 0 Å². The molecule has 1 aliphatic heterocycles. The molecule has 21 heavy (non-hydrogen) atoms. The number of nitrogens with one attached hydrogen (secondary N) is 1. The number of thioether (sulfide) groups is 1. The fourth-order valence-electron chi connectivity index (χ4n) is 2.44. The molecule has 116 valence electrons. The fraction of sp³-hybridized carbons (Fsp3) is 0.500. The Morgan fingerprint density at radius 2 is 2.14 bits per heavy atom. The summed E-state index contributed by atoms with van der Waals surface area (Å²) in [5.41, 5.74) is -0.292. The summed E-state index contributed by atoms with van der Waals surface area (Å²) in [6.07, 6.45) is 2.38. The molecule has 5 nitrogen and oxygen atoms in total. The molecule has 0 spiro atoms. The van der Waals surface area contributed by atoms with Gasteiger partial charge in [-0.3, -0.25) is 4.79 Å². The maximum absolute atomic E-state index is 12.4. The summed E-state index contributed by atoms with van der Waals surface area (Å²) < 4.78 is 28.4. The van der Waals surface area contributed by atoms with Crippen molar-refractivity contribution in [1.29, 1.82) is 0 Å². The van der Waals surface area contributed by atoms with Crippen molar-refractivity contribution in [2.75, 3.05) is 24.9 Å². The van der Waals surface area contributed by atoms with Crippen LogP contribution in [0.3, 0.4) is 0 Å². The molecule has 1 aromatic rings. The van der Waals surface area contributed by atoms with Crippen LogP contribution in [-0.2, 0) is 9.84 Å². The van der Waals surface area contributed by atoms with Gasteiger partial charge in [0.2, 0.25) is 0 Å². The van der Waals surface area contributed by atoms with E-state index >= 15 is 0 Å². The van der Waals surface area contributed by atoms with Crippen LogP contribution in [0, 0.1) is 0 Å². The summed E-state index contributed by atoms with van der Waals surface area (Å²) in [4.78, 5) is 13.4. The largest absolute Gasteiger partial charge is 0.496 e. The fourth-order valence-corrected chi connectivity index (χ4v) is 4.96. The Kier molecular flexibility index (Phi) is 4.53. The molecule has 0 bridgehead atoms. The number of benzene rings is 1. The van der Waals surface area contributed by atoms with Gasteiger partial charge in [0.25, 0.3) is 5.91 Å². The average molecular weight is 329 g/mol. The summed E-state index contributed by atoms with van der Waals surface area (Å²) in [6, 6.07) is 5.34. The van der Waals surface area contributed by atoms with E-state index in [2.05, 4.69) is 5.32 Å². The number of carbonyl (C=O) groups excluding carboxylic acids is 1. The van der Waals surface area contributed by atoms with Gasteiger partial charge in [-0.15, -0.1) is 11.8 Å². The maximum Gasteiger partial charge on any atom is 0.255 e. The molecule has 0 aromatic heterocycles. The Hall–Kier alpha value is -1.21. The van der Waals surface area contributed by atoms with E-state index in [0.717, 1.165) is 4.90 Å². The zero-order valence-electron chi connectivity index (χ0n) is 12.3. The molecule has 0 aliphatic carbocycles. The molecule has 1 amide bonds. The molecule has 0 saturated carbocycles. The lowest BCUT2D eigenvalue weighted by molar-refractivity contribution is 0.0912. The van der Waals surface area contributed by atoms with Crippen molar-refractivity contribution < 1.29 is 17.9 Å². The SMILES string of the molecule is COc1cc(SC)ccc1C(=O)NC1(C)CCS(=O)(=O)C1. The number of hydrogen-bond acceptors (Lipinski definition) is 5. The molecule has 1 aromatic carbocycles. The lowest BCUT2D eigenvalue weighted by atomic mass is 10.0. The molecule has 1 fully saturated rings. The van der Waals surface area contributed by atoms with E-state index in [4.69, 9.17) is 4.74 Å². The van der Waals surface area contributed by atoms with Crippen molar-refractivity contribution in [2.24, 2.45) is 0 Å². The van der Waals surface area contributed by atoms with Crippen LogP contribution in [-0.4, -0.2) is 44.7 Å². The van der Waals surface area contributed by atoms with Gasteiger partial charge in [0.15, 0.2) is 9.84 Å². The second-order valence-electron chi connectivity index (χ2n) is 5.42. The highest BCUT2D eigenvalue weighted by atomic mass is 32.2. The summed E-state index contributed by atoms with van der Waals surface area (Å²) in [5, 5.41) is 2.83. The van der Waals surface area contributed by atoms with Gasteiger partial charge in [0.1, 0.15) is 5.75 Å². The molecular weight excluding hydrogens is 310 g/mol. The van der Waals surface area contributed by atoms with E-state index in [-0.39, 0.29) is 17.4 Å². The normalized spacial score (nSPS) is 23.8. The predicted octanol–water partition coefficient (Wildman–Crippen LogP) is 1.72. The number of amides is 1. The van der Waals surface area contributed by atoms with Crippen molar-refractivity contribution in [3.63, 3.8) is 0 Å². The van der Waals surface area contributed by atoms with Gasteiger partial charge in [-0.05, 0) is 37.8 Å². The van der Waals surface area contributed by atoms with Gasteiger partial charge >= 0.3 is 0 Å². The van der Waals surface area contributed by atoms with Gasteiger partial charge in [-0.25, -0.2) is 8.42 Å². The van der Waals surface area contributed by atoms with E-state index in [1.165, 1.54) is 7.11 Å². The first-order valence-corrected chi connectivity index (χ1v) is 9.58. The molecule has 0 radical (unpaired) electrons. The molecule has 2 rings (SSSR count). The van der Waals surface area contributed by atoms with E-state index in [1.807, 2.05) is 12.3 Å². The second-order valence-corrected chi connectivity index (χ2v) is 8.49. The van der Waals surface area contributed by atoms with Crippen molar-refractivity contribution >= 4 is 27.5 Å². The zero-order chi connectivity index (χ0) is 15.7. The minimum absolute atomic E-state index is 0.0169. The first-order valence-electron chi connectivity index (χ1n) is 6.53. The minimum Gasteiger partial charge on any atom is -0.496 e. The van der Waals surface area contributed by atoms with Crippen LogP contribution in [0.2, 0.25) is 0 Å². The third-order valence-electron chi connectivity index (χ3n) is 3.57.